The zero-order chi connectivity index (χ0) is 48.1. The van der Waals surface area contributed by atoms with Gasteiger partial charge in [-0.25, -0.2) is 4.70 Å². The number of unbranched alkanes of at least 4 members (excludes halogenated alkanes) is 30. The first-order valence-electron chi connectivity index (χ1n) is 29.2. The van der Waals surface area contributed by atoms with Crippen molar-refractivity contribution in [2.24, 2.45) is 0 Å². The Balaban J connectivity index is 0.00000123. The monoisotopic (exact) mass is 965 g/mol. The van der Waals surface area contributed by atoms with Gasteiger partial charge in [0.25, 0.3) is 0 Å². The summed E-state index contributed by atoms with van der Waals surface area (Å²) in [6, 6.07) is 18.0. The molecule has 0 N–H and O–H groups in total. The van der Waals surface area contributed by atoms with Crippen LogP contribution in [0.1, 0.15) is 308 Å². The molecule has 1 aliphatic heterocycles. The molecule has 0 saturated carbocycles. The van der Waals surface area contributed by atoms with E-state index in [0.717, 1.165) is 86.7 Å². The van der Waals surface area contributed by atoms with E-state index in [1.54, 1.807) is 4.70 Å². The minimum atomic E-state index is 0. The van der Waals surface area contributed by atoms with Gasteiger partial charge in [-0.05, 0) is 86.8 Å². The van der Waals surface area contributed by atoms with E-state index in [0.29, 0.717) is 0 Å². The standard InChI is InChI=1S/C36H52N2.2C14H29.Ni/c1-5-9-13-14-15-16-19-30-20-17-21-32(28-30)36-34(23-12-8-4)33(22-11-7-3)35(38(36)37)31-26-24-29(25-27-31)18-10-6-2;2*1-3-5-7-9-11-13-14-12-10-8-6-4-2;/h17,20-21,24-28H,5-16,18-19,22-23H2,1-4H3;2*1,3-14H2,2H3;/q;2*-1;+2. The van der Waals surface area contributed by atoms with E-state index in [1.807, 2.05) is 0 Å². The molecule has 1 heterocycles. The minimum absolute atomic E-state index is 0. The normalized spacial score (nSPS) is 12.3. The summed E-state index contributed by atoms with van der Waals surface area (Å²) in [4.78, 5) is 0. The average Bonchev–Trinajstić information content (AvgIpc) is 3.62. The summed E-state index contributed by atoms with van der Waals surface area (Å²) in [7, 11) is 0. The molecule has 0 atom stereocenters. The second-order valence-electron chi connectivity index (χ2n) is 20.0. The number of aryl methyl sites for hydroxylation is 2. The van der Waals surface area contributed by atoms with Crippen molar-refractivity contribution < 1.29 is 21.2 Å². The Labute approximate surface area is 430 Å². The maximum atomic E-state index is 11.8. The topological polar surface area (TPSA) is 25.3 Å². The van der Waals surface area contributed by atoms with Crippen LogP contribution in [0.5, 0.6) is 0 Å². The van der Waals surface area contributed by atoms with Gasteiger partial charge in [-0.3, -0.25) is 0 Å². The van der Waals surface area contributed by atoms with E-state index in [1.165, 1.54) is 215 Å². The predicted molar refractivity (Wildman–Crippen MR) is 298 cm³/mol. The fourth-order valence-corrected chi connectivity index (χ4v) is 9.37. The second-order valence-corrected chi connectivity index (χ2v) is 20.0. The largest absolute Gasteiger partial charge is 2.00 e. The third-order valence-electron chi connectivity index (χ3n) is 13.7. The van der Waals surface area contributed by atoms with Crippen molar-refractivity contribution in [3.8, 4) is 0 Å². The van der Waals surface area contributed by atoms with Gasteiger partial charge < -0.3 is 19.4 Å². The SMILES string of the molecule is CCCCCCCCc1cccc(C2=C(CCCC)C(CCCC)=C(c3ccc(CCCC)cc3)[N+]2=[N-])c1.[CH2-]CCCCCCCCCCCCC.[CH2-]CCCCCCCCCCCCC.[Ni+2]. The molecule has 67 heavy (non-hydrogen) atoms. The minimum Gasteiger partial charge on any atom is -0.493 e. The third kappa shape index (κ3) is 31.8. The summed E-state index contributed by atoms with van der Waals surface area (Å²) in [5, 5.41) is 0. The molecule has 0 aliphatic carbocycles. The Hall–Kier alpha value is -1.99. The number of hydrogen-bond donors (Lipinski definition) is 0. The number of hydrogen-bond acceptors (Lipinski definition) is 0. The van der Waals surface area contributed by atoms with Crippen LogP contribution in [-0.4, -0.2) is 4.70 Å². The summed E-state index contributed by atoms with van der Waals surface area (Å²) in [6.07, 6.45) is 52.9. The van der Waals surface area contributed by atoms with Crippen LogP contribution in [0.3, 0.4) is 0 Å². The van der Waals surface area contributed by atoms with Crippen LogP contribution in [0.15, 0.2) is 59.7 Å². The third-order valence-corrected chi connectivity index (χ3v) is 13.7. The van der Waals surface area contributed by atoms with Gasteiger partial charge in [0, 0.05) is 22.3 Å². The Morgan fingerprint density at radius 3 is 1.06 bits per heavy atom. The van der Waals surface area contributed by atoms with Crippen LogP contribution in [0.25, 0.3) is 16.9 Å². The molecule has 1 aliphatic rings. The van der Waals surface area contributed by atoms with Crippen LogP contribution in [0.4, 0.5) is 0 Å². The molecule has 386 valence electrons. The van der Waals surface area contributed by atoms with E-state index in [-0.39, 0.29) is 16.5 Å². The molecular weight excluding hydrogens is 855 g/mol. The molecule has 0 bridgehead atoms. The van der Waals surface area contributed by atoms with Crippen LogP contribution < -0.4 is 0 Å². The van der Waals surface area contributed by atoms with Crippen LogP contribution in [0.2, 0.25) is 0 Å². The molecule has 0 aromatic heterocycles. The molecule has 3 heteroatoms. The van der Waals surface area contributed by atoms with Gasteiger partial charge in [0.1, 0.15) is 0 Å². The fraction of sp³-hybridized carbons (Fsp3) is 0.719. The molecule has 0 fully saturated rings. The first-order valence-corrected chi connectivity index (χ1v) is 29.2. The van der Waals surface area contributed by atoms with Crippen molar-refractivity contribution >= 4 is 11.4 Å². The van der Waals surface area contributed by atoms with Gasteiger partial charge >= 0.3 is 16.5 Å². The van der Waals surface area contributed by atoms with Crippen molar-refractivity contribution in [2.45, 2.75) is 298 Å². The van der Waals surface area contributed by atoms with E-state index in [9.17, 15) is 5.53 Å². The van der Waals surface area contributed by atoms with E-state index >= 15 is 0 Å². The molecule has 0 spiro atoms. The molecular formula is C64H110N2Ni. The van der Waals surface area contributed by atoms with E-state index in [2.05, 4.69) is 104 Å². The number of benzene rings is 2. The molecule has 2 nitrogen and oxygen atoms in total. The van der Waals surface area contributed by atoms with E-state index < -0.39 is 0 Å². The van der Waals surface area contributed by atoms with Gasteiger partial charge in [0.15, 0.2) is 0 Å². The van der Waals surface area contributed by atoms with E-state index in [4.69, 9.17) is 0 Å². The Morgan fingerprint density at radius 1 is 0.343 bits per heavy atom. The van der Waals surface area contributed by atoms with Crippen molar-refractivity contribution in [1.82, 2.24) is 0 Å². The van der Waals surface area contributed by atoms with Crippen molar-refractivity contribution in [3.63, 3.8) is 0 Å². The van der Waals surface area contributed by atoms with Crippen molar-refractivity contribution in [3.05, 3.63) is 101 Å². The smallest absolute Gasteiger partial charge is 0.493 e. The summed E-state index contributed by atoms with van der Waals surface area (Å²) < 4.78 is 1.54. The summed E-state index contributed by atoms with van der Waals surface area (Å²) in [5.74, 6) is 0. The fourth-order valence-electron chi connectivity index (χ4n) is 9.37. The summed E-state index contributed by atoms with van der Waals surface area (Å²) in [6.45, 7) is 21.3. The van der Waals surface area contributed by atoms with Gasteiger partial charge in [0.2, 0.25) is 11.4 Å². The zero-order valence-electron chi connectivity index (χ0n) is 45.5. The first-order chi connectivity index (χ1) is 32.5. The zero-order valence-corrected chi connectivity index (χ0v) is 46.5. The van der Waals surface area contributed by atoms with Gasteiger partial charge in [0.05, 0.1) is 0 Å². The molecule has 0 radical (unpaired) electrons. The van der Waals surface area contributed by atoms with Gasteiger partial charge in [-0.2, -0.15) is 12.8 Å². The molecule has 0 saturated heterocycles. The van der Waals surface area contributed by atoms with Gasteiger partial charge in [-0.15, -0.1) is 0 Å². The Bertz CT molecular complexity index is 1420. The number of allylic oxidation sites excluding steroid dienone is 2. The van der Waals surface area contributed by atoms with Crippen molar-refractivity contribution in [2.75, 3.05) is 0 Å². The quantitative estimate of drug-likeness (QED) is 0.0275. The molecule has 0 unspecified atom stereocenters. The molecule has 2 aromatic rings. The molecule has 3 rings (SSSR count). The number of rotatable bonds is 40. The Kier molecular flexibility index (Phi) is 46.3. The van der Waals surface area contributed by atoms with Crippen LogP contribution in [-0.2, 0) is 29.3 Å². The average molecular weight is 966 g/mol. The van der Waals surface area contributed by atoms with Crippen LogP contribution >= 0.6 is 0 Å². The summed E-state index contributed by atoms with van der Waals surface area (Å²) >= 11 is 0. The van der Waals surface area contributed by atoms with Crippen LogP contribution in [0, 0.1) is 13.8 Å². The summed E-state index contributed by atoms with van der Waals surface area (Å²) in [5.41, 5.74) is 21.6. The molecule has 0 amide bonds. The van der Waals surface area contributed by atoms with Gasteiger partial charge in [-0.1, -0.05) is 258 Å². The predicted octanol–water partition coefficient (Wildman–Crippen LogP) is 22.5. The number of nitrogens with zero attached hydrogens (tertiary/aromatic N) is 2. The Morgan fingerprint density at radius 2 is 0.672 bits per heavy atom. The second kappa shape index (κ2) is 47.7. The van der Waals surface area contributed by atoms with Crippen molar-refractivity contribution in [1.29, 1.82) is 0 Å². The maximum absolute atomic E-state index is 11.8. The molecule has 2 aromatic carbocycles. The first kappa shape index (κ1) is 65.0. The maximum Gasteiger partial charge on any atom is 2.00 e.